The molecule has 1 rings (SSSR count). The van der Waals surface area contributed by atoms with Crippen LogP contribution in [0.1, 0.15) is 50.5 Å². The standard InChI is InChI=1S/C10H12O2.2C2H6/c1-3-12-10(11)9-6-4-8(2)5-7-9;2*1-2/h4-7H,3H2,1-2H3;2*1-2H3. The molecule has 2 nitrogen and oxygen atoms in total. The maximum atomic E-state index is 11.1. The first-order valence-corrected chi connectivity index (χ1v) is 5.98. The first-order chi connectivity index (χ1) is 7.74. The van der Waals surface area contributed by atoms with Crippen LogP contribution in [-0.2, 0) is 4.74 Å². The molecule has 92 valence electrons. The average Bonchev–Trinajstić information content (AvgIpc) is 2.35. The van der Waals surface area contributed by atoms with E-state index in [2.05, 4.69) is 0 Å². The van der Waals surface area contributed by atoms with Crippen LogP contribution in [0.5, 0.6) is 0 Å². The fourth-order valence-electron chi connectivity index (χ4n) is 0.904. The van der Waals surface area contributed by atoms with E-state index in [-0.39, 0.29) is 5.97 Å². The molecule has 1 aromatic carbocycles. The molecule has 0 aliphatic carbocycles. The normalized spacial score (nSPS) is 7.88. The van der Waals surface area contributed by atoms with Gasteiger partial charge in [0.1, 0.15) is 0 Å². The molecular formula is C14H24O2. The molecule has 0 N–H and O–H groups in total. The van der Waals surface area contributed by atoms with Crippen molar-refractivity contribution in [1.29, 1.82) is 0 Å². The number of benzene rings is 1. The van der Waals surface area contributed by atoms with E-state index in [1.54, 1.807) is 19.1 Å². The lowest BCUT2D eigenvalue weighted by molar-refractivity contribution is 0.0526. The first-order valence-electron chi connectivity index (χ1n) is 5.98. The zero-order valence-electron chi connectivity index (χ0n) is 11.3. The Morgan fingerprint density at radius 1 is 1.06 bits per heavy atom. The smallest absolute Gasteiger partial charge is 0.338 e. The fourth-order valence-corrected chi connectivity index (χ4v) is 0.904. The summed E-state index contributed by atoms with van der Waals surface area (Å²) in [6, 6.07) is 7.33. The van der Waals surface area contributed by atoms with E-state index in [4.69, 9.17) is 4.74 Å². The van der Waals surface area contributed by atoms with Crippen molar-refractivity contribution in [3.05, 3.63) is 35.4 Å². The van der Waals surface area contributed by atoms with Crippen molar-refractivity contribution in [3.63, 3.8) is 0 Å². The molecule has 0 heterocycles. The molecule has 2 heteroatoms. The van der Waals surface area contributed by atoms with Crippen LogP contribution in [0.15, 0.2) is 24.3 Å². The molecule has 0 amide bonds. The van der Waals surface area contributed by atoms with Crippen molar-refractivity contribution in [2.24, 2.45) is 0 Å². The summed E-state index contributed by atoms with van der Waals surface area (Å²) in [6.07, 6.45) is 0. The number of esters is 1. The van der Waals surface area contributed by atoms with Gasteiger partial charge in [-0.1, -0.05) is 45.4 Å². The van der Waals surface area contributed by atoms with Gasteiger partial charge in [0.2, 0.25) is 0 Å². The summed E-state index contributed by atoms with van der Waals surface area (Å²) < 4.78 is 4.83. The van der Waals surface area contributed by atoms with Crippen LogP contribution in [0.2, 0.25) is 0 Å². The second-order valence-electron chi connectivity index (χ2n) is 2.59. The van der Waals surface area contributed by atoms with Gasteiger partial charge in [0, 0.05) is 0 Å². The predicted octanol–water partition coefficient (Wildman–Crippen LogP) is 4.22. The summed E-state index contributed by atoms with van der Waals surface area (Å²) in [4.78, 5) is 11.1. The minimum atomic E-state index is -0.252. The van der Waals surface area contributed by atoms with Gasteiger partial charge in [-0.25, -0.2) is 4.79 Å². The van der Waals surface area contributed by atoms with Gasteiger partial charge in [0.25, 0.3) is 0 Å². The minimum Gasteiger partial charge on any atom is -0.462 e. The topological polar surface area (TPSA) is 26.3 Å². The maximum absolute atomic E-state index is 11.1. The Bertz CT molecular complexity index is 263. The number of hydrogen-bond donors (Lipinski definition) is 0. The Balaban J connectivity index is 0. The number of rotatable bonds is 2. The van der Waals surface area contributed by atoms with Gasteiger partial charge in [-0.3, -0.25) is 0 Å². The summed E-state index contributed by atoms with van der Waals surface area (Å²) in [7, 11) is 0. The van der Waals surface area contributed by atoms with Crippen LogP contribution in [0, 0.1) is 6.92 Å². The van der Waals surface area contributed by atoms with E-state index >= 15 is 0 Å². The maximum Gasteiger partial charge on any atom is 0.338 e. The molecule has 0 atom stereocenters. The van der Waals surface area contributed by atoms with Gasteiger partial charge < -0.3 is 4.74 Å². The van der Waals surface area contributed by atoms with Crippen molar-refractivity contribution >= 4 is 5.97 Å². The van der Waals surface area contributed by atoms with Crippen molar-refractivity contribution in [2.75, 3.05) is 6.61 Å². The predicted molar refractivity (Wildman–Crippen MR) is 69.8 cm³/mol. The average molecular weight is 224 g/mol. The van der Waals surface area contributed by atoms with E-state index in [9.17, 15) is 4.79 Å². The monoisotopic (exact) mass is 224 g/mol. The summed E-state index contributed by atoms with van der Waals surface area (Å²) in [5, 5.41) is 0. The van der Waals surface area contributed by atoms with Gasteiger partial charge in [-0.2, -0.15) is 0 Å². The van der Waals surface area contributed by atoms with Crippen LogP contribution in [-0.4, -0.2) is 12.6 Å². The molecule has 0 unspecified atom stereocenters. The molecule has 0 bridgehead atoms. The van der Waals surface area contributed by atoms with Crippen LogP contribution in [0.4, 0.5) is 0 Å². The Morgan fingerprint density at radius 2 is 1.50 bits per heavy atom. The summed E-state index contributed by atoms with van der Waals surface area (Å²) in [5.74, 6) is -0.252. The highest BCUT2D eigenvalue weighted by atomic mass is 16.5. The minimum absolute atomic E-state index is 0.252. The Labute approximate surface area is 99.6 Å². The van der Waals surface area contributed by atoms with E-state index in [1.807, 2.05) is 46.8 Å². The van der Waals surface area contributed by atoms with Crippen molar-refractivity contribution < 1.29 is 9.53 Å². The Morgan fingerprint density at radius 3 is 1.88 bits per heavy atom. The van der Waals surface area contributed by atoms with Crippen LogP contribution in [0.25, 0.3) is 0 Å². The molecule has 0 saturated carbocycles. The van der Waals surface area contributed by atoms with Crippen molar-refractivity contribution in [3.8, 4) is 0 Å². The quantitative estimate of drug-likeness (QED) is 0.703. The molecule has 0 aromatic heterocycles. The Hall–Kier alpha value is -1.31. The number of ether oxygens (including phenoxy) is 1. The van der Waals surface area contributed by atoms with Crippen LogP contribution >= 0.6 is 0 Å². The molecule has 0 fully saturated rings. The van der Waals surface area contributed by atoms with E-state index in [1.165, 1.54) is 0 Å². The largest absolute Gasteiger partial charge is 0.462 e. The van der Waals surface area contributed by atoms with Crippen molar-refractivity contribution in [1.82, 2.24) is 0 Å². The molecule has 1 aromatic rings. The van der Waals surface area contributed by atoms with E-state index in [0.29, 0.717) is 12.2 Å². The van der Waals surface area contributed by atoms with Gasteiger partial charge >= 0.3 is 5.97 Å². The highest BCUT2D eigenvalue weighted by Gasteiger charge is 2.03. The first kappa shape index (κ1) is 17.1. The number of aryl methyl sites for hydroxylation is 1. The van der Waals surface area contributed by atoms with Gasteiger partial charge in [-0.15, -0.1) is 0 Å². The zero-order chi connectivity index (χ0) is 13.0. The number of carbonyl (C=O) groups is 1. The molecule has 16 heavy (non-hydrogen) atoms. The highest BCUT2D eigenvalue weighted by molar-refractivity contribution is 5.89. The highest BCUT2D eigenvalue weighted by Crippen LogP contribution is 2.04. The van der Waals surface area contributed by atoms with E-state index < -0.39 is 0 Å². The van der Waals surface area contributed by atoms with Gasteiger partial charge in [0.05, 0.1) is 12.2 Å². The molecule has 0 saturated heterocycles. The SMILES string of the molecule is CC.CC.CCOC(=O)c1ccc(C)cc1. The summed E-state index contributed by atoms with van der Waals surface area (Å²) in [6.45, 7) is 12.2. The third kappa shape index (κ3) is 7.04. The summed E-state index contributed by atoms with van der Waals surface area (Å²) in [5.41, 5.74) is 1.76. The zero-order valence-corrected chi connectivity index (χ0v) is 11.3. The van der Waals surface area contributed by atoms with E-state index in [0.717, 1.165) is 5.56 Å². The molecule has 0 spiro atoms. The number of carbonyl (C=O) groups excluding carboxylic acids is 1. The lowest BCUT2D eigenvalue weighted by Crippen LogP contribution is -2.03. The lowest BCUT2D eigenvalue weighted by Gasteiger charge is -2.00. The Kier molecular flexibility index (Phi) is 12.6. The molecule has 0 aliphatic rings. The van der Waals surface area contributed by atoms with Crippen molar-refractivity contribution in [2.45, 2.75) is 41.5 Å². The van der Waals surface area contributed by atoms with Gasteiger partial charge in [-0.05, 0) is 26.0 Å². The third-order valence-electron chi connectivity index (χ3n) is 1.56. The fraction of sp³-hybridized carbons (Fsp3) is 0.500. The van der Waals surface area contributed by atoms with Crippen LogP contribution < -0.4 is 0 Å². The second-order valence-corrected chi connectivity index (χ2v) is 2.59. The molecule has 0 radical (unpaired) electrons. The van der Waals surface area contributed by atoms with Gasteiger partial charge in [0.15, 0.2) is 0 Å². The second kappa shape index (κ2) is 11.8. The molecule has 0 aliphatic heterocycles. The summed E-state index contributed by atoms with van der Waals surface area (Å²) >= 11 is 0. The lowest BCUT2D eigenvalue weighted by atomic mass is 10.1. The number of hydrogen-bond acceptors (Lipinski definition) is 2. The van der Waals surface area contributed by atoms with Crippen LogP contribution in [0.3, 0.4) is 0 Å². The third-order valence-corrected chi connectivity index (χ3v) is 1.56. The molecular weight excluding hydrogens is 200 g/mol.